The molecule has 1 fully saturated rings. The van der Waals surface area contributed by atoms with E-state index < -0.39 is 53.0 Å². The molecule has 1 aliphatic heterocycles. The predicted molar refractivity (Wildman–Crippen MR) is 141 cm³/mol. The van der Waals surface area contributed by atoms with Crippen molar-refractivity contribution < 1.29 is 36.6 Å². The summed E-state index contributed by atoms with van der Waals surface area (Å²) in [5, 5.41) is 12.2. The third-order valence-electron chi connectivity index (χ3n) is 6.74. The molecule has 0 aromatic heterocycles. The molecule has 8 nitrogen and oxygen atoms in total. The lowest BCUT2D eigenvalue weighted by Crippen LogP contribution is -2.60. The lowest BCUT2D eigenvalue weighted by Gasteiger charge is -2.39. The van der Waals surface area contributed by atoms with Gasteiger partial charge in [0.1, 0.15) is 6.09 Å². The summed E-state index contributed by atoms with van der Waals surface area (Å²) in [6.07, 6.45) is -1.91. The van der Waals surface area contributed by atoms with Crippen molar-refractivity contribution in [1.82, 2.24) is 9.21 Å². The number of hydrogen-bond donors (Lipinski definition) is 0. The van der Waals surface area contributed by atoms with E-state index in [1.807, 2.05) is 0 Å². The van der Waals surface area contributed by atoms with Gasteiger partial charge < -0.3 is 19.5 Å². The predicted octanol–water partition coefficient (Wildman–Crippen LogP) is 3.13. The molecule has 1 heterocycles. The first-order valence-corrected chi connectivity index (χ1v) is 14.2. The van der Waals surface area contributed by atoms with Crippen LogP contribution in [0.2, 0.25) is 0 Å². The highest BCUT2D eigenvalue weighted by Gasteiger charge is 2.49. The van der Waals surface area contributed by atoms with Gasteiger partial charge in [-0.1, -0.05) is 78.9 Å². The Morgan fingerprint density at radius 3 is 2.00 bits per heavy atom. The maximum absolute atomic E-state index is 16.0. The second-order valence-corrected chi connectivity index (χ2v) is 11.5. The van der Waals surface area contributed by atoms with E-state index in [9.17, 15) is 23.1 Å². The first-order chi connectivity index (χ1) is 19.1. The Hall–Kier alpha value is -3.67. The molecule has 0 unspecified atom stereocenters. The molecule has 11 heteroatoms. The smallest absolute Gasteiger partial charge is 0.320 e. The highest BCUT2D eigenvalue weighted by molar-refractivity contribution is 7.89. The first-order valence-electron chi connectivity index (χ1n) is 12.7. The summed E-state index contributed by atoms with van der Waals surface area (Å²) in [5.74, 6) is -5.96. The van der Waals surface area contributed by atoms with E-state index in [0.29, 0.717) is 20.3 Å². The Bertz CT molecular complexity index is 1390. The molecule has 3 aromatic carbocycles. The fourth-order valence-electron chi connectivity index (χ4n) is 4.72. The fraction of sp³-hybridized carbons (Fsp3) is 0.310. The number of Topliss-reactive ketones (excluding diaryl/α,β-unsaturated/α-hetero) is 1. The van der Waals surface area contributed by atoms with Crippen molar-refractivity contribution in [2.75, 3.05) is 19.8 Å². The molecule has 0 N–H and O–H groups in total. The minimum atomic E-state index is -4.46. The lowest BCUT2D eigenvalue weighted by atomic mass is 9.95. The first kappa shape index (κ1) is 29.3. The van der Waals surface area contributed by atoms with Gasteiger partial charge in [0.05, 0.1) is 30.1 Å². The molecular formula is C29H29F2N2O6S-. The minimum absolute atomic E-state index is 0.0688. The van der Waals surface area contributed by atoms with Crippen molar-refractivity contribution >= 4 is 21.9 Å². The standard InChI is InChI=1S/C29H30F2N2O6S/c30-29(31,21-32(19-23-12-6-2-7-13-23)40(37,38)25-14-8-3-9-15-25)27(34)26(18-22-10-4-1-5-11-22)33(28(35)36)24-16-17-39-20-24/h1-15,24,26H,16-21H2,(H,35,36)/p-1/t24-,26-/m0/s1. The normalized spacial score (nSPS) is 16.5. The van der Waals surface area contributed by atoms with Gasteiger partial charge in [0.2, 0.25) is 15.8 Å². The van der Waals surface area contributed by atoms with Crippen molar-refractivity contribution in [3.8, 4) is 0 Å². The Balaban J connectivity index is 1.70. The topological polar surface area (TPSA) is 107 Å². The van der Waals surface area contributed by atoms with E-state index in [0.717, 1.165) is 0 Å². The summed E-state index contributed by atoms with van der Waals surface area (Å²) in [6.45, 7) is -1.77. The number of amides is 1. The van der Waals surface area contributed by atoms with Gasteiger partial charge in [-0.25, -0.2) is 8.42 Å². The van der Waals surface area contributed by atoms with E-state index in [-0.39, 0.29) is 31.0 Å². The number of rotatable bonds is 12. The van der Waals surface area contributed by atoms with Gasteiger partial charge in [0.25, 0.3) is 0 Å². The van der Waals surface area contributed by atoms with E-state index in [1.165, 1.54) is 24.3 Å². The number of benzene rings is 3. The molecule has 40 heavy (non-hydrogen) atoms. The van der Waals surface area contributed by atoms with Crippen LogP contribution in [0.5, 0.6) is 0 Å². The van der Waals surface area contributed by atoms with Crippen LogP contribution < -0.4 is 5.11 Å². The van der Waals surface area contributed by atoms with E-state index in [2.05, 4.69) is 0 Å². The second kappa shape index (κ2) is 12.7. The fourth-order valence-corrected chi connectivity index (χ4v) is 6.17. The van der Waals surface area contributed by atoms with Crippen LogP contribution in [0.3, 0.4) is 0 Å². The molecule has 0 bridgehead atoms. The summed E-state index contributed by atoms with van der Waals surface area (Å²) in [4.78, 5) is 26.2. The van der Waals surface area contributed by atoms with Crippen LogP contribution in [0.1, 0.15) is 17.5 Å². The number of alkyl halides is 2. The molecular weight excluding hydrogens is 542 g/mol. The number of hydrogen-bond acceptors (Lipinski definition) is 6. The van der Waals surface area contributed by atoms with Crippen molar-refractivity contribution in [2.45, 2.75) is 42.3 Å². The molecule has 1 aliphatic rings. The second-order valence-electron chi connectivity index (χ2n) is 9.54. The SMILES string of the molecule is O=C([O-])N([C@H]1CCOC1)[C@@H](Cc1ccccc1)C(=O)C(F)(F)CN(Cc1ccccc1)S(=O)(=O)c1ccccc1. The van der Waals surface area contributed by atoms with Crippen LogP contribution in [0.25, 0.3) is 0 Å². The summed E-state index contributed by atoms with van der Waals surface area (Å²) in [5.41, 5.74) is 0.894. The molecule has 0 aliphatic carbocycles. The molecule has 0 saturated carbocycles. The lowest BCUT2D eigenvalue weighted by molar-refractivity contribution is -0.270. The number of nitrogens with zero attached hydrogens (tertiary/aromatic N) is 2. The number of halogens is 2. The van der Waals surface area contributed by atoms with Crippen LogP contribution in [0, 0.1) is 0 Å². The van der Waals surface area contributed by atoms with Gasteiger partial charge >= 0.3 is 5.92 Å². The van der Waals surface area contributed by atoms with Gasteiger partial charge in [0.15, 0.2) is 0 Å². The zero-order valence-electron chi connectivity index (χ0n) is 21.6. The van der Waals surface area contributed by atoms with E-state index in [4.69, 9.17) is 4.74 Å². The van der Waals surface area contributed by atoms with Gasteiger partial charge in [0, 0.05) is 19.6 Å². The van der Waals surface area contributed by atoms with Crippen LogP contribution in [-0.4, -0.2) is 67.3 Å². The molecule has 3 aromatic rings. The Morgan fingerprint density at radius 2 is 1.48 bits per heavy atom. The highest BCUT2D eigenvalue weighted by Crippen LogP contribution is 2.29. The molecule has 0 radical (unpaired) electrons. The van der Waals surface area contributed by atoms with E-state index >= 15 is 8.78 Å². The maximum Gasteiger partial charge on any atom is 0.320 e. The quantitative estimate of drug-likeness (QED) is 0.331. The van der Waals surface area contributed by atoms with E-state index in [1.54, 1.807) is 66.7 Å². The Morgan fingerprint density at radius 1 is 0.925 bits per heavy atom. The number of carbonyl (C=O) groups excluding carboxylic acids is 2. The molecule has 1 amide bonds. The van der Waals surface area contributed by atoms with Gasteiger partial charge in [-0.3, -0.25) is 4.79 Å². The molecule has 0 spiro atoms. The number of carboxylic acid groups (broad SMARTS) is 1. The van der Waals surface area contributed by atoms with Crippen LogP contribution in [0.15, 0.2) is 95.9 Å². The van der Waals surface area contributed by atoms with Crippen molar-refractivity contribution in [3.05, 3.63) is 102 Å². The van der Waals surface area contributed by atoms with Crippen molar-refractivity contribution in [1.29, 1.82) is 0 Å². The van der Waals surface area contributed by atoms with Gasteiger partial charge in [-0.05, 0) is 29.7 Å². The Kier molecular flexibility index (Phi) is 9.28. The third kappa shape index (κ3) is 6.90. The average Bonchev–Trinajstić information content (AvgIpc) is 3.47. The average molecular weight is 572 g/mol. The number of sulfonamides is 1. The maximum atomic E-state index is 16.0. The summed E-state index contributed by atoms with van der Waals surface area (Å²) in [6, 6.07) is 20.7. The summed E-state index contributed by atoms with van der Waals surface area (Å²) >= 11 is 0. The monoisotopic (exact) mass is 571 g/mol. The van der Waals surface area contributed by atoms with Crippen LogP contribution in [-0.2, 0) is 32.5 Å². The zero-order valence-corrected chi connectivity index (χ0v) is 22.4. The minimum Gasteiger partial charge on any atom is -0.530 e. The number of ketones is 1. The number of ether oxygens (including phenoxy) is 1. The highest BCUT2D eigenvalue weighted by atomic mass is 32.2. The Labute approximate surface area is 231 Å². The summed E-state index contributed by atoms with van der Waals surface area (Å²) in [7, 11) is -4.46. The van der Waals surface area contributed by atoms with Gasteiger partial charge in [-0.2, -0.15) is 13.1 Å². The molecule has 212 valence electrons. The third-order valence-corrected chi connectivity index (χ3v) is 8.54. The zero-order chi connectivity index (χ0) is 28.8. The summed E-state index contributed by atoms with van der Waals surface area (Å²) < 4.78 is 64.7. The van der Waals surface area contributed by atoms with Crippen molar-refractivity contribution in [3.63, 3.8) is 0 Å². The van der Waals surface area contributed by atoms with Crippen LogP contribution in [0.4, 0.5) is 13.6 Å². The van der Waals surface area contributed by atoms with Gasteiger partial charge in [-0.15, -0.1) is 0 Å². The largest absolute Gasteiger partial charge is 0.530 e. The molecule has 1 saturated heterocycles. The molecule has 4 rings (SSSR count). The molecule has 2 atom stereocenters. The number of carbonyl (C=O) groups is 2. The van der Waals surface area contributed by atoms with Crippen molar-refractivity contribution in [2.24, 2.45) is 0 Å². The van der Waals surface area contributed by atoms with Crippen LogP contribution >= 0.6 is 0 Å².